The number of Topliss-reactive ketones (excluding diaryl/α,β-unsaturated/α-hetero) is 2. The number of rotatable bonds is 5. The van der Waals surface area contributed by atoms with Crippen LogP contribution in [0, 0.1) is 0 Å². The van der Waals surface area contributed by atoms with Crippen molar-refractivity contribution in [2.75, 3.05) is 13.1 Å². The quantitative estimate of drug-likeness (QED) is 0.619. The molecule has 27 heavy (non-hydrogen) atoms. The summed E-state index contributed by atoms with van der Waals surface area (Å²) in [4.78, 5) is 26.3. The fourth-order valence-electron chi connectivity index (χ4n) is 4.34. The molecule has 4 heteroatoms. The van der Waals surface area contributed by atoms with E-state index in [4.69, 9.17) is 0 Å². The van der Waals surface area contributed by atoms with Gasteiger partial charge in [-0.25, -0.2) is 0 Å². The van der Waals surface area contributed by atoms with E-state index in [1.165, 1.54) is 19.4 Å². The van der Waals surface area contributed by atoms with Gasteiger partial charge in [-0.2, -0.15) is 0 Å². The molecule has 1 atom stereocenters. The maximum atomic E-state index is 11.9. The van der Waals surface area contributed by atoms with Crippen LogP contribution in [0.25, 0.3) is 21.8 Å². The van der Waals surface area contributed by atoms with Crippen LogP contribution in [0.2, 0.25) is 0 Å². The minimum atomic E-state index is 0.0615. The van der Waals surface area contributed by atoms with Gasteiger partial charge in [0.05, 0.1) is 0 Å². The van der Waals surface area contributed by atoms with E-state index in [-0.39, 0.29) is 11.6 Å². The van der Waals surface area contributed by atoms with Gasteiger partial charge in [0.25, 0.3) is 0 Å². The molecule has 1 unspecified atom stereocenters. The van der Waals surface area contributed by atoms with Gasteiger partial charge in [0, 0.05) is 52.1 Å². The zero-order valence-electron chi connectivity index (χ0n) is 16.3. The van der Waals surface area contributed by atoms with E-state index in [1.807, 2.05) is 36.4 Å². The van der Waals surface area contributed by atoms with Crippen LogP contribution in [0.1, 0.15) is 54.3 Å². The second kappa shape index (κ2) is 6.93. The summed E-state index contributed by atoms with van der Waals surface area (Å²) in [6.45, 7) is 8.58. The van der Waals surface area contributed by atoms with E-state index in [1.54, 1.807) is 13.8 Å². The summed E-state index contributed by atoms with van der Waals surface area (Å²) >= 11 is 0. The molecule has 1 aliphatic rings. The van der Waals surface area contributed by atoms with Gasteiger partial charge in [-0.1, -0.05) is 0 Å². The monoisotopic (exact) mass is 362 g/mol. The van der Waals surface area contributed by atoms with Gasteiger partial charge in [0.2, 0.25) is 0 Å². The molecule has 0 bridgehead atoms. The largest absolute Gasteiger partial charge is 0.339 e. The molecular formula is C23H26N2O2. The Balaban J connectivity index is 1.85. The molecule has 0 amide bonds. The van der Waals surface area contributed by atoms with E-state index in [2.05, 4.69) is 16.4 Å². The number of carbonyl (C=O) groups is 2. The molecule has 2 aromatic carbocycles. The average Bonchev–Trinajstić information content (AvgIpc) is 3.19. The number of carbonyl (C=O) groups excluding carboxylic acids is 2. The highest BCUT2D eigenvalue weighted by atomic mass is 16.1. The van der Waals surface area contributed by atoms with Gasteiger partial charge in [0.15, 0.2) is 11.6 Å². The smallest absolute Gasteiger partial charge is 0.159 e. The third kappa shape index (κ3) is 3.19. The third-order valence-corrected chi connectivity index (χ3v) is 5.98. The van der Waals surface area contributed by atoms with Crippen molar-refractivity contribution in [3.05, 3.63) is 47.5 Å². The van der Waals surface area contributed by atoms with Crippen LogP contribution in [-0.2, 0) is 6.54 Å². The van der Waals surface area contributed by atoms with Gasteiger partial charge in [0.1, 0.15) is 0 Å². The second-order valence-corrected chi connectivity index (χ2v) is 7.76. The molecule has 4 nitrogen and oxygen atoms in total. The Kier molecular flexibility index (Phi) is 4.60. The van der Waals surface area contributed by atoms with Crippen LogP contribution in [0.5, 0.6) is 0 Å². The van der Waals surface area contributed by atoms with E-state index in [0.717, 1.165) is 34.9 Å². The minimum absolute atomic E-state index is 0.0615. The predicted octanol–water partition coefficient (Wildman–Crippen LogP) is 4.68. The molecule has 1 aliphatic heterocycles. The zero-order chi connectivity index (χ0) is 19.1. The average molecular weight is 362 g/mol. The van der Waals surface area contributed by atoms with Crippen LogP contribution in [0.4, 0.5) is 0 Å². The Hall–Kier alpha value is -2.46. The summed E-state index contributed by atoms with van der Waals surface area (Å²) in [7, 11) is 0. The van der Waals surface area contributed by atoms with Crippen molar-refractivity contribution in [2.45, 2.75) is 46.2 Å². The number of ketones is 2. The molecule has 1 saturated heterocycles. The Morgan fingerprint density at radius 3 is 1.93 bits per heavy atom. The first kappa shape index (κ1) is 17.9. The van der Waals surface area contributed by atoms with Crippen molar-refractivity contribution in [3.8, 4) is 0 Å². The molecule has 3 aromatic rings. The molecule has 0 aliphatic carbocycles. The van der Waals surface area contributed by atoms with E-state index >= 15 is 0 Å². The van der Waals surface area contributed by atoms with Crippen LogP contribution < -0.4 is 0 Å². The lowest BCUT2D eigenvalue weighted by Crippen LogP contribution is -2.30. The standard InChI is InChI=1S/C23H26N2O2/c1-15-5-4-10-24(15)11-12-25-22-8-6-18(16(2)26)13-20(22)21-14-19(17(3)27)7-9-23(21)25/h6-9,13-15H,4-5,10-12H2,1-3H3. The molecule has 2 heterocycles. The first-order chi connectivity index (χ1) is 13.0. The molecule has 0 radical (unpaired) electrons. The third-order valence-electron chi connectivity index (χ3n) is 5.98. The van der Waals surface area contributed by atoms with E-state index in [9.17, 15) is 9.59 Å². The molecule has 0 spiro atoms. The molecule has 4 rings (SSSR count). The summed E-state index contributed by atoms with van der Waals surface area (Å²) in [6, 6.07) is 12.5. The zero-order valence-corrected chi connectivity index (χ0v) is 16.3. The number of hydrogen-bond acceptors (Lipinski definition) is 3. The van der Waals surface area contributed by atoms with Crippen molar-refractivity contribution in [1.82, 2.24) is 9.47 Å². The maximum Gasteiger partial charge on any atom is 0.159 e. The SMILES string of the molecule is CC(=O)c1ccc2c(c1)c1cc(C(C)=O)ccc1n2CCN1CCCC1C. The van der Waals surface area contributed by atoms with Crippen LogP contribution in [0.15, 0.2) is 36.4 Å². The Labute approximate surface area is 159 Å². The first-order valence-corrected chi connectivity index (χ1v) is 9.77. The fourth-order valence-corrected chi connectivity index (χ4v) is 4.34. The topological polar surface area (TPSA) is 42.3 Å². The molecule has 0 N–H and O–H groups in total. The van der Waals surface area contributed by atoms with Crippen LogP contribution >= 0.6 is 0 Å². The summed E-state index contributed by atoms with van der Waals surface area (Å²) in [5.41, 5.74) is 3.68. The number of likely N-dealkylation sites (tertiary alicyclic amines) is 1. The Bertz CT molecular complexity index is 976. The second-order valence-electron chi connectivity index (χ2n) is 7.76. The van der Waals surface area contributed by atoms with Crippen LogP contribution in [-0.4, -0.2) is 40.2 Å². The lowest BCUT2D eigenvalue weighted by molar-refractivity contribution is 0.100. The lowest BCUT2D eigenvalue weighted by Gasteiger charge is -2.21. The molecule has 1 aromatic heterocycles. The highest BCUT2D eigenvalue weighted by molar-refractivity contribution is 6.12. The Morgan fingerprint density at radius 2 is 1.48 bits per heavy atom. The normalized spacial score (nSPS) is 17.8. The van der Waals surface area contributed by atoms with Gasteiger partial charge >= 0.3 is 0 Å². The van der Waals surface area contributed by atoms with Crippen molar-refractivity contribution >= 4 is 33.4 Å². The summed E-state index contributed by atoms with van der Waals surface area (Å²) in [5.74, 6) is 0.123. The highest BCUT2D eigenvalue weighted by Gasteiger charge is 2.21. The Morgan fingerprint density at radius 1 is 0.926 bits per heavy atom. The number of benzene rings is 2. The van der Waals surface area contributed by atoms with Crippen molar-refractivity contribution in [1.29, 1.82) is 0 Å². The van der Waals surface area contributed by atoms with E-state index in [0.29, 0.717) is 17.2 Å². The fraction of sp³-hybridized carbons (Fsp3) is 0.391. The van der Waals surface area contributed by atoms with Gasteiger partial charge in [-0.05, 0) is 76.6 Å². The van der Waals surface area contributed by atoms with Gasteiger partial charge in [-0.15, -0.1) is 0 Å². The summed E-state index contributed by atoms with van der Waals surface area (Å²) in [6.07, 6.45) is 2.55. The van der Waals surface area contributed by atoms with Crippen molar-refractivity contribution in [3.63, 3.8) is 0 Å². The lowest BCUT2D eigenvalue weighted by atomic mass is 10.0. The number of aromatic nitrogens is 1. The maximum absolute atomic E-state index is 11.9. The molecular weight excluding hydrogens is 336 g/mol. The molecule has 1 fully saturated rings. The van der Waals surface area contributed by atoms with Crippen molar-refractivity contribution < 1.29 is 9.59 Å². The summed E-state index contributed by atoms with van der Waals surface area (Å²) in [5, 5.41) is 2.10. The number of nitrogens with zero attached hydrogens (tertiary/aromatic N) is 2. The minimum Gasteiger partial charge on any atom is -0.339 e. The number of fused-ring (bicyclic) bond motifs is 3. The predicted molar refractivity (Wildman–Crippen MR) is 110 cm³/mol. The summed E-state index contributed by atoms with van der Waals surface area (Å²) < 4.78 is 2.34. The molecule has 140 valence electrons. The van der Waals surface area contributed by atoms with E-state index < -0.39 is 0 Å². The highest BCUT2D eigenvalue weighted by Crippen LogP contribution is 2.31. The number of hydrogen-bond donors (Lipinski definition) is 0. The first-order valence-electron chi connectivity index (χ1n) is 9.77. The van der Waals surface area contributed by atoms with Gasteiger partial charge in [-0.3, -0.25) is 14.5 Å². The van der Waals surface area contributed by atoms with Crippen molar-refractivity contribution in [2.24, 2.45) is 0 Å². The molecule has 0 saturated carbocycles. The van der Waals surface area contributed by atoms with Gasteiger partial charge < -0.3 is 4.57 Å². The van der Waals surface area contributed by atoms with Crippen LogP contribution in [0.3, 0.4) is 0 Å².